The van der Waals surface area contributed by atoms with Gasteiger partial charge in [-0.3, -0.25) is 0 Å². The molecule has 0 unspecified atom stereocenters. The number of benzene rings is 1. The molecule has 2 N–H and O–H groups in total. The summed E-state index contributed by atoms with van der Waals surface area (Å²) in [5.74, 6) is 2.65. The van der Waals surface area contributed by atoms with E-state index in [0.717, 1.165) is 48.4 Å². The number of piperidine rings is 1. The Bertz CT molecular complexity index is 941. The highest BCUT2D eigenvalue weighted by Gasteiger charge is 2.21. The zero-order chi connectivity index (χ0) is 20.2. The van der Waals surface area contributed by atoms with E-state index in [1.807, 2.05) is 22.8 Å². The first-order chi connectivity index (χ1) is 14.2. The van der Waals surface area contributed by atoms with Gasteiger partial charge in [0.1, 0.15) is 11.5 Å². The van der Waals surface area contributed by atoms with Gasteiger partial charge in [0.2, 0.25) is 0 Å². The lowest BCUT2D eigenvalue weighted by Gasteiger charge is -2.26. The fraction of sp³-hybridized carbons (Fsp3) is 0.450. The van der Waals surface area contributed by atoms with Crippen molar-refractivity contribution in [2.24, 2.45) is 0 Å². The van der Waals surface area contributed by atoms with Gasteiger partial charge in [-0.05, 0) is 55.9 Å². The van der Waals surface area contributed by atoms with Gasteiger partial charge in [0.05, 0.1) is 25.4 Å². The minimum Gasteiger partial charge on any atom is -0.497 e. The quantitative estimate of drug-likeness (QED) is 0.631. The first-order valence-electron chi connectivity index (χ1n) is 9.78. The van der Waals surface area contributed by atoms with Crippen LogP contribution in [0.15, 0.2) is 34.6 Å². The summed E-state index contributed by atoms with van der Waals surface area (Å²) in [6.07, 6.45) is 5.65. The third kappa shape index (κ3) is 4.40. The average Bonchev–Trinajstić information content (AvgIpc) is 3.18. The van der Waals surface area contributed by atoms with Crippen LogP contribution in [0.4, 0.5) is 5.82 Å². The Hall–Kier alpha value is -2.52. The Kier molecular flexibility index (Phi) is 6.05. The first-order valence-corrected chi connectivity index (χ1v) is 10.6. The number of likely N-dealkylation sites (tertiary alicyclic amines) is 1. The molecule has 0 aliphatic carbocycles. The van der Waals surface area contributed by atoms with Crippen LogP contribution in [0.5, 0.6) is 11.5 Å². The molecule has 3 heterocycles. The molecule has 0 atom stereocenters. The SMILES string of the molecule is COc1ccc(OC)c(Sc2nc3c(N)ncn(CCN4CCCCC4)c-3n2)c1. The van der Waals surface area contributed by atoms with Gasteiger partial charge in [0.15, 0.2) is 22.5 Å². The molecule has 9 heteroatoms. The van der Waals surface area contributed by atoms with Crippen molar-refractivity contribution in [3.63, 3.8) is 0 Å². The van der Waals surface area contributed by atoms with Gasteiger partial charge >= 0.3 is 0 Å². The monoisotopic (exact) mass is 414 g/mol. The predicted molar refractivity (Wildman–Crippen MR) is 113 cm³/mol. The van der Waals surface area contributed by atoms with Gasteiger partial charge in [-0.15, -0.1) is 0 Å². The summed E-state index contributed by atoms with van der Waals surface area (Å²) in [6, 6.07) is 5.65. The normalized spacial score (nSPS) is 15.0. The Labute approximate surface area is 174 Å². The maximum absolute atomic E-state index is 6.08. The van der Waals surface area contributed by atoms with Crippen molar-refractivity contribution >= 4 is 17.6 Å². The van der Waals surface area contributed by atoms with E-state index in [2.05, 4.69) is 14.9 Å². The molecule has 29 heavy (non-hydrogen) atoms. The van der Waals surface area contributed by atoms with Gasteiger partial charge in [-0.25, -0.2) is 15.0 Å². The molecule has 4 rings (SSSR count). The van der Waals surface area contributed by atoms with Crippen LogP contribution in [0.1, 0.15) is 19.3 Å². The van der Waals surface area contributed by atoms with Crippen molar-refractivity contribution in [3.05, 3.63) is 24.5 Å². The number of fused-ring (bicyclic) bond motifs is 1. The molecule has 0 saturated carbocycles. The first kappa shape index (κ1) is 19.8. The highest BCUT2D eigenvalue weighted by atomic mass is 32.2. The van der Waals surface area contributed by atoms with E-state index >= 15 is 0 Å². The second-order valence-electron chi connectivity index (χ2n) is 7.02. The molecule has 8 nitrogen and oxygen atoms in total. The van der Waals surface area contributed by atoms with E-state index in [-0.39, 0.29) is 0 Å². The van der Waals surface area contributed by atoms with E-state index in [4.69, 9.17) is 20.2 Å². The predicted octanol–water partition coefficient (Wildman–Crippen LogP) is 3.01. The van der Waals surface area contributed by atoms with E-state index < -0.39 is 0 Å². The van der Waals surface area contributed by atoms with E-state index in [0.29, 0.717) is 16.7 Å². The fourth-order valence-electron chi connectivity index (χ4n) is 3.54. The molecule has 1 saturated heterocycles. The number of nitrogens with zero attached hydrogens (tertiary/aromatic N) is 5. The Balaban J connectivity index is 1.58. The molecular weight excluding hydrogens is 388 g/mol. The Morgan fingerprint density at radius 2 is 1.90 bits per heavy atom. The average molecular weight is 415 g/mol. The molecule has 154 valence electrons. The van der Waals surface area contributed by atoms with Crippen LogP contribution in [-0.2, 0) is 6.54 Å². The third-order valence-corrected chi connectivity index (χ3v) is 6.05. The number of hydrogen-bond donors (Lipinski definition) is 1. The molecule has 3 aliphatic heterocycles. The maximum atomic E-state index is 6.08. The number of hydrogen-bond acceptors (Lipinski definition) is 8. The molecule has 0 amide bonds. The molecule has 1 aromatic rings. The number of aromatic nitrogens is 4. The molecular formula is C20H26N6O2S. The van der Waals surface area contributed by atoms with Crippen molar-refractivity contribution in [2.75, 3.05) is 39.6 Å². The molecule has 1 fully saturated rings. The smallest absolute Gasteiger partial charge is 0.195 e. The topological polar surface area (TPSA) is 91.3 Å². The Morgan fingerprint density at radius 1 is 1.07 bits per heavy atom. The summed E-state index contributed by atoms with van der Waals surface area (Å²) in [7, 11) is 3.28. The fourth-order valence-corrected chi connectivity index (χ4v) is 4.43. The minimum absolute atomic E-state index is 0.395. The summed E-state index contributed by atoms with van der Waals surface area (Å²) >= 11 is 1.42. The van der Waals surface area contributed by atoms with Gasteiger partial charge in [-0.1, -0.05) is 6.42 Å². The van der Waals surface area contributed by atoms with Crippen molar-refractivity contribution < 1.29 is 9.47 Å². The summed E-state index contributed by atoms with van der Waals surface area (Å²) in [5, 5.41) is 0.609. The van der Waals surface area contributed by atoms with Gasteiger partial charge in [0, 0.05) is 13.1 Å². The molecule has 0 aromatic heterocycles. The van der Waals surface area contributed by atoms with Crippen LogP contribution < -0.4 is 15.2 Å². The number of imidazole rings is 1. The zero-order valence-corrected chi connectivity index (χ0v) is 17.6. The third-order valence-electron chi connectivity index (χ3n) is 5.15. The number of ether oxygens (including phenoxy) is 2. The van der Waals surface area contributed by atoms with Crippen LogP contribution in [-0.4, -0.2) is 58.3 Å². The summed E-state index contributed by atoms with van der Waals surface area (Å²) < 4.78 is 12.8. The molecule has 1 aromatic carbocycles. The van der Waals surface area contributed by atoms with Gasteiger partial charge in [-0.2, -0.15) is 0 Å². The zero-order valence-electron chi connectivity index (χ0n) is 16.8. The van der Waals surface area contributed by atoms with Crippen molar-refractivity contribution in [2.45, 2.75) is 35.9 Å². The summed E-state index contributed by atoms with van der Waals surface area (Å²) in [6.45, 7) is 4.12. The highest BCUT2D eigenvalue weighted by Crippen LogP contribution is 2.38. The van der Waals surface area contributed by atoms with Crippen LogP contribution >= 0.6 is 11.8 Å². The molecule has 0 spiro atoms. The van der Waals surface area contributed by atoms with Crippen molar-refractivity contribution in [1.82, 2.24) is 24.4 Å². The summed E-state index contributed by atoms with van der Waals surface area (Å²) in [4.78, 5) is 17.1. The minimum atomic E-state index is 0.395. The van der Waals surface area contributed by atoms with E-state index in [1.54, 1.807) is 20.5 Å². The van der Waals surface area contributed by atoms with E-state index in [9.17, 15) is 0 Å². The van der Waals surface area contributed by atoms with Crippen molar-refractivity contribution in [1.29, 1.82) is 0 Å². The molecule has 0 radical (unpaired) electrons. The second-order valence-corrected chi connectivity index (χ2v) is 8.03. The second kappa shape index (κ2) is 8.87. The standard InChI is InChI=1S/C20H26N6O2S/c1-27-14-6-7-15(28-2)16(12-14)29-20-23-17-18(21)22-13-26(19(17)24-20)11-10-25-8-4-3-5-9-25/h6-7,12-13H,3-5,8-11,21H2,1-2H3. The Morgan fingerprint density at radius 3 is 2.66 bits per heavy atom. The van der Waals surface area contributed by atoms with Crippen LogP contribution in [0.3, 0.4) is 0 Å². The number of nitrogens with two attached hydrogens (primary N) is 1. The number of methoxy groups -OCH3 is 2. The molecule has 0 bridgehead atoms. The lowest BCUT2D eigenvalue weighted by Crippen LogP contribution is -2.32. The van der Waals surface area contributed by atoms with Crippen LogP contribution in [0, 0.1) is 0 Å². The van der Waals surface area contributed by atoms with E-state index in [1.165, 1.54) is 31.0 Å². The van der Waals surface area contributed by atoms with Crippen LogP contribution in [0.25, 0.3) is 11.5 Å². The number of rotatable bonds is 7. The summed E-state index contributed by atoms with van der Waals surface area (Å²) in [5.41, 5.74) is 6.72. The van der Waals surface area contributed by atoms with Crippen LogP contribution in [0.2, 0.25) is 0 Å². The highest BCUT2D eigenvalue weighted by molar-refractivity contribution is 7.99. The number of nitrogen functional groups attached to an aromatic ring is 1. The number of anilines is 1. The lowest BCUT2D eigenvalue weighted by atomic mass is 10.1. The van der Waals surface area contributed by atoms with Gasteiger partial charge < -0.3 is 24.7 Å². The lowest BCUT2D eigenvalue weighted by molar-refractivity contribution is 0.220. The van der Waals surface area contributed by atoms with Crippen molar-refractivity contribution in [3.8, 4) is 23.0 Å². The largest absolute Gasteiger partial charge is 0.497 e. The maximum Gasteiger partial charge on any atom is 0.195 e. The van der Waals surface area contributed by atoms with Gasteiger partial charge in [0.25, 0.3) is 0 Å². The molecule has 3 aliphatic rings.